The third-order valence-corrected chi connectivity index (χ3v) is 6.93. The standard InChI is InChI=1S/C21H26N2O4S/c1-16-13-19(10-11-20(16)27-2)28(25,26)23-12-6-9-18(15-23)21(24)22-14-17-7-4-3-5-8-17/h3-5,7-8,10-11,13,18H,6,9,12,14-15H2,1-2H3,(H,22,24)/t18-/m1/s1. The molecule has 1 aliphatic rings. The summed E-state index contributed by atoms with van der Waals surface area (Å²) < 4.78 is 32.7. The number of nitrogens with zero attached hydrogens (tertiary/aromatic N) is 1. The maximum Gasteiger partial charge on any atom is 0.243 e. The third kappa shape index (κ3) is 4.54. The average Bonchev–Trinajstić information content (AvgIpc) is 2.72. The quantitative estimate of drug-likeness (QED) is 0.806. The van der Waals surface area contributed by atoms with Crippen LogP contribution in [0, 0.1) is 12.8 Å². The van der Waals surface area contributed by atoms with Crippen LogP contribution in [0.2, 0.25) is 0 Å². The van der Waals surface area contributed by atoms with Crippen molar-refractivity contribution in [1.82, 2.24) is 9.62 Å². The fourth-order valence-corrected chi connectivity index (χ4v) is 5.07. The van der Waals surface area contributed by atoms with Gasteiger partial charge < -0.3 is 10.1 Å². The van der Waals surface area contributed by atoms with Gasteiger partial charge in [-0.3, -0.25) is 4.79 Å². The first kappa shape index (κ1) is 20.4. The van der Waals surface area contributed by atoms with Crippen molar-refractivity contribution in [3.63, 3.8) is 0 Å². The molecule has 0 bridgehead atoms. The van der Waals surface area contributed by atoms with Gasteiger partial charge in [0.1, 0.15) is 5.75 Å². The SMILES string of the molecule is COc1ccc(S(=O)(=O)N2CCC[C@@H](C(=O)NCc3ccccc3)C2)cc1C. The highest BCUT2D eigenvalue weighted by Gasteiger charge is 2.33. The predicted molar refractivity (Wildman–Crippen MR) is 108 cm³/mol. The number of sulfonamides is 1. The Morgan fingerprint density at radius 3 is 2.64 bits per heavy atom. The van der Waals surface area contributed by atoms with Crippen molar-refractivity contribution >= 4 is 15.9 Å². The zero-order chi connectivity index (χ0) is 20.1. The van der Waals surface area contributed by atoms with Crippen LogP contribution in [0.1, 0.15) is 24.0 Å². The number of hydrogen-bond donors (Lipinski definition) is 1. The van der Waals surface area contributed by atoms with E-state index in [2.05, 4.69) is 5.32 Å². The van der Waals surface area contributed by atoms with Gasteiger partial charge in [0.25, 0.3) is 0 Å². The fourth-order valence-electron chi connectivity index (χ4n) is 3.46. The summed E-state index contributed by atoms with van der Waals surface area (Å²) in [6.45, 7) is 2.89. The van der Waals surface area contributed by atoms with Crippen molar-refractivity contribution in [2.24, 2.45) is 5.92 Å². The molecule has 1 saturated heterocycles. The largest absolute Gasteiger partial charge is 0.496 e. The summed E-state index contributed by atoms with van der Waals surface area (Å²) in [5.74, 6) is 0.206. The zero-order valence-corrected chi connectivity index (χ0v) is 17.0. The van der Waals surface area contributed by atoms with Gasteiger partial charge in [-0.1, -0.05) is 30.3 Å². The number of piperidine rings is 1. The lowest BCUT2D eigenvalue weighted by atomic mass is 9.99. The van der Waals surface area contributed by atoms with Crippen LogP contribution in [0.3, 0.4) is 0 Å². The van der Waals surface area contributed by atoms with Crippen LogP contribution >= 0.6 is 0 Å². The number of ether oxygens (including phenoxy) is 1. The van der Waals surface area contributed by atoms with Crippen molar-refractivity contribution in [3.8, 4) is 5.75 Å². The van der Waals surface area contributed by atoms with Gasteiger partial charge in [-0.05, 0) is 49.1 Å². The lowest BCUT2D eigenvalue weighted by molar-refractivity contribution is -0.126. The van der Waals surface area contributed by atoms with Crippen LogP contribution in [0.25, 0.3) is 0 Å². The first-order chi connectivity index (χ1) is 13.4. The molecule has 0 unspecified atom stereocenters. The van der Waals surface area contributed by atoms with E-state index >= 15 is 0 Å². The van der Waals surface area contributed by atoms with Gasteiger partial charge in [-0.2, -0.15) is 4.31 Å². The summed E-state index contributed by atoms with van der Waals surface area (Å²) in [6.07, 6.45) is 1.35. The second kappa shape index (κ2) is 8.75. The molecule has 1 N–H and O–H groups in total. The summed E-state index contributed by atoms with van der Waals surface area (Å²) in [7, 11) is -2.09. The van der Waals surface area contributed by atoms with Gasteiger partial charge in [-0.15, -0.1) is 0 Å². The Morgan fingerprint density at radius 1 is 1.21 bits per heavy atom. The Morgan fingerprint density at radius 2 is 1.96 bits per heavy atom. The Bertz CT molecular complexity index is 929. The lowest BCUT2D eigenvalue weighted by Gasteiger charge is -2.31. The second-order valence-corrected chi connectivity index (χ2v) is 8.97. The van der Waals surface area contributed by atoms with E-state index in [0.29, 0.717) is 31.7 Å². The van der Waals surface area contributed by atoms with E-state index in [9.17, 15) is 13.2 Å². The number of methoxy groups -OCH3 is 1. The zero-order valence-electron chi connectivity index (χ0n) is 16.2. The van der Waals surface area contributed by atoms with Crippen molar-refractivity contribution in [3.05, 3.63) is 59.7 Å². The van der Waals surface area contributed by atoms with E-state index in [4.69, 9.17) is 4.74 Å². The van der Waals surface area contributed by atoms with E-state index in [1.807, 2.05) is 37.3 Å². The fraction of sp³-hybridized carbons (Fsp3) is 0.381. The highest BCUT2D eigenvalue weighted by atomic mass is 32.2. The molecule has 0 aromatic heterocycles. The van der Waals surface area contributed by atoms with E-state index in [0.717, 1.165) is 11.1 Å². The van der Waals surface area contributed by atoms with Crippen molar-refractivity contribution < 1.29 is 17.9 Å². The number of amides is 1. The maximum absolute atomic E-state index is 13.0. The first-order valence-electron chi connectivity index (χ1n) is 9.38. The van der Waals surface area contributed by atoms with Crippen LogP contribution in [0.4, 0.5) is 0 Å². The summed E-state index contributed by atoms with van der Waals surface area (Å²) in [5.41, 5.74) is 1.78. The molecule has 0 spiro atoms. The van der Waals surface area contributed by atoms with Gasteiger partial charge in [0.2, 0.25) is 15.9 Å². The predicted octanol–water partition coefficient (Wildman–Crippen LogP) is 2.72. The molecule has 2 aromatic rings. The number of carbonyl (C=O) groups is 1. The minimum Gasteiger partial charge on any atom is -0.496 e. The van der Waals surface area contributed by atoms with Crippen LogP contribution in [0.5, 0.6) is 5.75 Å². The first-order valence-corrected chi connectivity index (χ1v) is 10.8. The van der Waals surface area contributed by atoms with Gasteiger partial charge in [0.15, 0.2) is 0 Å². The topological polar surface area (TPSA) is 75.7 Å². The summed E-state index contributed by atoms with van der Waals surface area (Å²) >= 11 is 0. The molecular formula is C21H26N2O4S. The third-order valence-electron chi connectivity index (χ3n) is 5.07. The number of rotatable bonds is 6. The highest BCUT2D eigenvalue weighted by molar-refractivity contribution is 7.89. The van der Waals surface area contributed by atoms with Gasteiger partial charge in [0, 0.05) is 19.6 Å². The number of aryl methyl sites for hydroxylation is 1. The van der Waals surface area contributed by atoms with Gasteiger partial charge >= 0.3 is 0 Å². The van der Waals surface area contributed by atoms with Crippen LogP contribution in [-0.2, 0) is 21.4 Å². The molecule has 7 heteroatoms. The molecule has 2 aromatic carbocycles. The summed E-state index contributed by atoms with van der Waals surface area (Å²) in [4.78, 5) is 12.8. The summed E-state index contributed by atoms with van der Waals surface area (Å²) in [5, 5.41) is 2.93. The average molecular weight is 403 g/mol. The van der Waals surface area contributed by atoms with Gasteiger partial charge in [-0.25, -0.2) is 8.42 Å². The van der Waals surface area contributed by atoms with Crippen molar-refractivity contribution in [1.29, 1.82) is 0 Å². The molecule has 1 amide bonds. The molecule has 6 nitrogen and oxygen atoms in total. The molecule has 0 saturated carbocycles. The smallest absolute Gasteiger partial charge is 0.243 e. The molecule has 0 radical (unpaired) electrons. The van der Waals surface area contributed by atoms with Crippen LogP contribution < -0.4 is 10.1 Å². The van der Waals surface area contributed by atoms with Crippen LogP contribution in [-0.4, -0.2) is 38.8 Å². The number of carbonyl (C=O) groups excluding carboxylic acids is 1. The highest BCUT2D eigenvalue weighted by Crippen LogP contribution is 2.27. The lowest BCUT2D eigenvalue weighted by Crippen LogP contribution is -2.45. The minimum atomic E-state index is -3.65. The van der Waals surface area contributed by atoms with Crippen molar-refractivity contribution in [2.75, 3.05) is 20.2 Å². The van der Waals surface area contributed by atoms with Crippen LogP contribution in [0.15, 0.2) is 53.4 Å². The second-order valence-electron chi connectivity index (χ2n) is 7.04. The molecule has 1 aliphatic heterocycles. The molecular weight excluding hydrogens is 376 g/mol. The molecule has 1 heterocycles. The Labute approximate surface area is 166 Å². The molecule has 28 heavy (non-hydrogen) atoms. The van der Waals surface area contributed by atoms with E-state index in [-0.39, 0.29) is 23.3 Å². The minimum absolute atomic E-state index is 0.102. The molecule has 150 valence electrons. The number of benzene rings is 2. The maximum atomic E-state index is 13.0. The Hall–Kier alpha value is -2.38. The van der Waals surface area contributed by atoms with E-state index in [1.165, 1.54) is 4.31 Å². The Balaban J connectivity index is 1.68. The number of nitrogens with one attached hydrogen (secondary N) is 1. The molecule has 1 fully saturated rings. The Kier molecular flexibility index (Phi) is 6.36. The van der Waals surface area contributed by atoms with E-state index < -0.39 is 10.0 Å². The molecule has 3 rings (SSSR count). The number of hydrogen-bond acceptors (Lipinski definition) is 4. The molecule has 0 aliphatic carbocycles. The van der Waals surface area contributed by atoms with Gasteiger partial charge in [0.05, 0.1) is 17.9 Å². The monoisotopic (exact) mass is 402 g/mol. The van der Waals surface area contributed by atoms with E-state index in [1.54, 1.807) is 25.3 Å². The van der Waals surface area contributed by atoms with Crippen molar-refractivity contribution in [2.45, 2.75) is 31.2 Å². The molecule has 1 atom stereocenters. The summed E-state index contributed by atoms with van der Waals surface area (Å²) in [6, 6.07) is 14.5. The normalized spacial score (nSPS) is 17.9.